The van der Waals surface area contributed by atoms with Gasteiger partial charge in [0.2, 0.25) is 0 Å². The van der Waals surface area contributed by atoms with E-state index in [1.807, 2.05) is 6.07 Å². The van der Waals surface area contributed by atoms with Gasteiger partial charge in [0.1, 0.15) is 0 Å². The molecule has 0 saturated carbocycles. The van der Waals surface area contributed by atoms with Crippen molar-refractivity contribution in [2.24, 2.45) is 0 Å². The van der Waals surface area contributed by atoms with Gasteiger partial charge in [-0.05, 0) is 46.1 Å². The summed E-state index contributed by atoms with van der Waals surface area (Å²) in [6, 6.07) is 4.08. The number of fused-ring (bicyclic) bond motifs is 1. The van der Waals surface area contributed by atoms with Crippen molar-refractivity contribution in [3.05, 3.63) is 18.3 Å². The van der Waals surface area contributed by atoms with Crippen molar-refractivity contribution in [1.29, 1.82) is 0 Å². The van der Waals surface area contributed by atoms with Crippen molar-refractivity contribution in [2.45, 2.75) is 13.3 Å². The Labute approximate surface area is 114 Å². The Kier molecular flexibility index (Phi) is 4.27. The van der Waals surface area contributed by atoms with Crippen LogP contribution in [-0.2, 0) is 0 Å². The smallest absolute Gasteiger partial charge is 0.0672 e. The number of rotatable bonds is 6. The van der Waals surface area contributed by atoms with Crippen LogP contribution in [0.5, 0.6) is 0 Å². The average Bonchev–Trinajstić information content (AvgIpc) is 2.80. The first-order chi connectivity index (χ1) is 9.11. The van der Waals surface area contributed by atoms with Gasteiger partial charge in [-0.25, -0.2) is 0 Å². The molecule has 0 amide bonds. The maximum Gasteiger partial charge on any atom is 0.0672 e. The topological polar surface area (TPSA) is 61.2 Å². The molecule has 0 radical (unpaired) electrons. The second kappa shape index (κ2) is 5.93. The van der Waals surface area contributed by atoms with E-state index >= 15 is 0 Å². The number of nitrogens with zero attached hydrogens (tertiary/aromatic N) is 3. The van der Waals surface area contributed by atoms with E-state index in [-0.39, 0.29) is 0 Å². The van der Waals surface area contributed by atoms with Crippen molar-refractivity contribution < 1.29 is 0 Å². The Morgan fingerprint density at radius 2 is 2.05 bits per heavy atom. The molecule has 0 atom stereocenters. The van der Waals surface area contributed by atoms with E-state index in [1.54, 1.807) is 6.20 Å². The molecule has 0 aliphatic rings. The summed E-state index contributed by atoms with van der Waals surface area (Å²) in [4.78, 5) is 4.52. The highest BCUT2D eigenvalue weighted by molar-refractivity contribution is 5.88. The number of aromatic amines is 1. The molecule has 2 aromatic rings. The number of nitrogens with one attached hydrogen (secondary N) is 1. The summed E-state index contributed by atoms with van der Waals surface area (Å²) in [7, 11) is 4.20. The highest BCUT2D eigenvalue weighted by atomic mass is 15.1. The van der Waals surface area contributed by atoms with Crippen LogP contribution >= 0.6 is 0 Å². The molecule has 0 bridgehead atoms. The Morgan fingerprint density at radius 1 is 1.26 bits per heavy atom. The van der Waals surface area contributed by atoms with Crippen molar-refractivity contribution in [3.8, 4) is 0 Å². The van der Waals surface area contributed by atoms with Crippen LogP contribution < -0.4 is 10.6 Å². The van der Waals surface area contributed by atoms with E-state index in [2.05, 4.69) is 47.1 Å². The van der Waals surface area contributed by atoms with E-state index in [9.17, 15) is 0 Å². The van der Waals surface area contributed by atoms with E-state index in [4.69, 9.17) is 5.73 Å². The first kappa shape index (κ1) is 13.7. The van der Waals surface area contributed by atoms with Gasteiger partial charge < -0.3 is 15.5 Å². The van der Waals surface area contributed by atoms with E-state index in [0.717, 1.165) is 48.3 Å². The number of aromatic nitrogens is 2. The number of hydrogen-bond acceptors (Lipinski definition) is 4. The Bertz CT molecular complexity index is 532. The first-order valence-electron chi connectivity index (χ1n) is 6.74. The highest BCUT2D eigenvalue weighted by Crippen LogP contribution is 2.28. The normalized spacial score (nSPS) is 11.4. The summed E-state index contributed by atoms with van der Waals surface area (Å²) in [6.07, 6.45) is 2.93. The highest BCUT2D eigenvalue weighted by Gasteiger charge is 2.10. The van der Waals surface area contributed by atoms with Gasteiger partial charge in [0, 0.05) is 18.5 Å². The standard InChI is InChI=1S/C14H23N5/c1-4-19(7-5-6-18(2)3)14-9-13-11(8-12(14)15)10-16-17-13/h8-10H,4-7,15H2,1-3H3,(H,16,17). The zero-order chi connectivity index (χ0) is 13.8. The number of hydrogen-bond donors (Lipinski definition) is 2. The van der Waals surface area contributed by atoms with Gasteiger partial charge in [0.05, 0.1) is 23.1 Å². The molecule has 1 heterocycles. The van der Waals surface area contributed by atoms with Crippen LogP contribution in [0.3, 0.4) is 0 Å². The van der Waals surface area contributed by atoms with E-state index in [0.29, 0.717) is 0 Å². The summed E-state index contributed by atoms with van der Waals surface area (Å²) >= 11 is 0. The number of nitrogen functional groups attached to an aromatic ring is 1. The minimum absolute atomic E-state index is 0.820. The molecule has 0 fully saturated rings. The van der Waals surface area contributed by atoms with Crippen molar-refractivity contribution in [1.82, 2.24) is 15.1 Å². The van der Waals surface area contributed by atoms with Gasteiger partial charge in [0.25, 0.3) is 0 Å². The number of nitrogens with two attached hydrogens (primary N) is 1. The van der Waals surface area contributed by atoms with Crippen molar-refractivity contribution >= 4 is 22.3 Å². The molecule has 104 valence electrons. The molecule has 3 N–H and O–H groups in total. The summed E-state index contributed by atoms with van der Waals surface area (Å²) < 4.78 is 0. The minimum Gasteiger partial charge on any atom is -0.397 e. The minimum atomic E-state index is 0.820. The van der Waals surface area contributed by atoms with E-state index < -0.39 is 0 Å². The van der Waals surface area contributed by atoms with Crippen molar-refractivity contribution in [2.75, 3.05) is 44.4 Å². The second-order valence-electron chi connectivity index (χ2n) is 5.10. The third-order valence-electron chi connectivity index (χ3n) is 3.34. The zero-order valence-electron chi connectivity index (χ0n) is 12.0. The molecule has 1 aromatic heterocycles. The molecule has 5 nitrogen and oxygen atoms in total. The van der Waals surface area contributed by atoms with Crippen LogP contribution in [0.1, 0.15) is 13.3 Å². The fourth-order valence-corrected chi connectivity index (χ4v) is 2.30. The lowest BCUT2D eigenvalue weighted by Crippen LogP contribution is -2.27. The SMILES string of the molecule is CCN(CCCN(C)C)c1cc2[nH]ncc2cc1N. The van der Waals surface area contributed by atoms with Gasteiger partial charge in [-0.15, -0.1) is 0 Å². The van der Waals surface area contributed by atoms with Gasteiger partial charge in [-0.2, -0.15) is 5.10 Å². The van der Waals surface area contributed by atoms with Crippen molar-refractivity contribution in [3.63, 3.8) is 0 Å². The molecule has 1 aromatic carbocycles. The fraction of sp³-hybridized carbons (Fsp3) is 0.500. The van der Waals surface area contributed by atoms with Crippen LogP contribution in [0.15, 0.2) is 18.3 Å². The van der Waals surface area contributed by atoms with Gasteiger partial charge in [-0.3, -0.25) is 5.10 Å². The summed E-state index contributed by atoms with van der Waals surface area (Å²) in [5.41, 5.74) is 9.11. The zero-order valence-corrected chi connectivity index (χ0v) is 12.0. The molecule has 5 heteroatoms. The Hall–Kier alpha value is -1.75. The molecule has 0 aliphatic heterocycles. The maximum atomic E-state index is 6.16. The fourth-order valence-electron chi connectivity index (χ4n) is 2.30. The summed E-state index contributed by atoms with van der Waals surface area (Å²) in [6.45, 7) is 5.21. The molecule has 2 rings (SSSR count). The second-order valence-corrected chi connectivity index (χ2v) is 5.10. The summed E-state index contributed by atoms with van der Waals surface area (Å²) in [5, 5.41) is 8.11. The van der Waals surface area contributed by atoms with Gasteiger partial charge in [-0.1, -0.05) is 0 Å². The molecule has 19 heavy (non-hydrogen) atoms. The predicted octanol–water partition coefficient (Wildman–Crippen LogP) is 1.92. The lowest BCUT2D eigenvalue weighted by atomic mass is 10.2. The molecular formula is C14H23N5. The number of anilines is 2. The predicted molar refractivity (Wildman–Crippen MR) is 81.6 cm³/mol. The molecule has 0 aliphatic carbocycles. The third-order valence-corrected chi connectivity index (χ3v) is 3.34. The third kappa shape index (κ3) is 3.17. The molecular weight excluding hydrogens is 238 g/mol. The lowest BCUT2D eigenvalue weighted by Gasteiger charge is -2.25. The maximum absolute atomic E-state index is 6.16. The van der Waals surface area contributed by atoms with Crippen LogP contribution in [0, 0.1) is 0 Å². The van der Waals surface area contributed by atoms with Gasteiger partial charge in [0.15, 0.2) is 0 Å². The quantitative estimate of drug-likeness (QED) is 0.780. The van der Waals surface area contributed by atoms with Crippen LogP contribution in [0.4, 0.5) is 11.4 Å². The number of benzene rings is 1. The number of H-pyrrole nitrogens is 1. The lowest BCUT2D eigenvalue weighted by molar-refractivity contribution is 0.400. The monoisotopic (exact) mass is 261 g/mol. The van der Waals surface area contributed by atoms with Crippen LogP contribution in [0.25, 0.3) is 10.9 Å². The van der Waals surface area contributed by atoms with E-state index in [1.165, 1.54) is 0 Å². The first-order valence-corrected chi connectivity index (χ1v) is 6.74. The largest absolute Gasteiger partial charge is 0.397 e. The summed E-state index contributed by atoms with van der Waals surface area (Å²) in [5.74, 6) is 0. The van der Waals surface area contributed by atoms with Crippen LogP contribution in [-0.4, -0.2) is 48.8 Å². The van der Waals surface area contributed by atoms with Crippen LogP contribution in [0.2, 0.25) is 0 Å². The Balaban J connectivity index is 2.17. The Morgan fingerprint density at radius 3 is 2.74 bits per heavy atom. The van der Waals surface area contributed by atoms with Gasteiger partial charge >= 0.3 is 0 Å². The molecule has 0 unspecified atom stereocenters. The average molecular weight is 261 g/mol. The molecule has 0 saturated heterocycles. The molecule has 0 spiro atoms.